The van der Waals surface area contributed by atoms with Gasteiger partial charge in [-0.1, -0.05) is 0 Å². The van der Waals surface area contributed by atoms with E-state index in [-0.39, 0.29) is 18.5 Å². The first-order valence-electron chi connectivity index (χ1n) is 6.42. The molecule has 1 saturated heterocycles. The van der Waals surface area contributed by atoms with E-state index < -0.39 is 5.67 Å². The first kappa shape index (κ1) is 13.1. The van der Waals surface area contributed by atoms with Gasteiger partial charge in [0.25, 0.3) is 5.91 Å². The maximum absolute atomic E-state index is 13.9. The molecule has 1 amide bonds. The third-order valence-electron chi connectivity index (χ3n) is 3.29. The van der Waals surface area contributed by atoms with Gasteiger partial charge in [-0.05, 0) is 39.7 Å². The smallest absolute Gasteiger partial charge is 0.274 e. The highest BCUT2D eigenvalue weighted by atomic mass is 19.1. The summed E-state index contributed by atoms with van der Waals surface area (Å²) in [6, 6.07) is 1.92. The lowest BCUT2D eigenvalue weighted by atomic mass is 9.97. The van der Waals surface area contributed by atoms with Crippen LogP contribution in [0.25, 0.3) is 0 Å². The zero-order chi connectivity index (χ0) is 13.3. The van der Waals surface area contributed by atoms with Crippen molar-refractivity contribution in [2.45, 2.75) is 45.3 Å². The fourth-order valence-electron chi connectivity index (χ4n) is 2.27. The second-order valence-corrected chi connectivity index (χ2v) is 5.52. The summed E-state index contributed by atoms with van der Waals surface area (Å²) in [4.78, 5) is 13.8. The highest BCUT2D eigenvalue weighted by Gasteiger charge is 2.33. The first-order valence-corrected chi connectivity index (χ1v) is 6.42. The molecule has 0 N–H and O–H groups in total. The predicted octanol–water partition coefficient (Wildman–Crippen LogP) is 2.43. The molecule has 2 rings (SSSR count). The number of hydrogen-bond acceptors (Lipinski definition) is 2. The van der Waals surface area contributed by atoms with E-state index in [2.05, 4.69) is 5.10 Å². The number of piperidine rings is 1. The number of amides is 1. The van der Waals surface area contributed by atoms with Crippen LogP contribution in [0, 0.1) is 0 Å². The van der Waals surface area contributed by atoms with Gasteiger partial charge in [0, 0.05) is 18.8 Å². The summed E-state index contributed by atoms with van der Waals surface area (Å²) in [7, 11) is 0. The van der Waals surface area contributed by atoms with Crippen molar-refractivity contribution in [3.8, 4) is 0 Å². The Labute approximate surface area is 107 Å². The van der Waals surface area contributed by atoms with E-state index in [4.69, 9.17) is 0 Å². The van der Waals surface area contributed by atoms with Gasteiger partial charge in [-0.15, -0.1) is 0 Å². The van der Waals surface area contributed by atoms with E-state index in [0.717, 1.165) is 0 Å². The molecule has 0 bridgehead atoms. The first-order chi connectivity index (χ1) is 8.39. The molecule has 1 unspecified atom stereocenters. The van der Waals surface area contributed by atoms with Crippen LogP contribution in [0.5, 0.6) is 0 Å². The molecular formula is C13H20FN3O. The SMILES string of the molecule is CC(C)n1ccc(C(=O)N2CCCC(C)(F)C2)n1. The van der Waals surface area contributed by atoms with Gasteiger partial charge in [0.1, 0.15) is 11.4 Å². The van der Waals surface area contributed by atoms with Gasteiger partial charge in [-0.3, -0.25) is 9.48 Å². The Morgan fingerprint density at radius 1 is 1.56 bits per heavy atom. The fraction of sp³-hybridized carbons (Fsp3) is 0.692. The lowest BCUT2D eigenvalue weighted by Gasteiger charge is -2.34. The van der Waals surface area contributed by atoms with E-state index in [0.29, 0.717) is 25.1 Å². The molecule has 1 aromatic heterocycles. The van der Waals surface area contributed by atoms with Crippen molar-refractivity contribution < 1.29 is 9.18 Å². The molecule has 18 heavy (non-hydrogen) atoms. The Bertz CT molecular complexity index is 439. The number of nitrogens with zero attached hydrogens (tertiary/aromatic N) is 3. The van der Waals surface area contributed by atoms with Crippen LogP contribution in [0.1, 0.15) is 50.1 Å². The van der Waals surface area contributed by atoms with Crippen LogP contribution in [-0.2, 0) is 0 Å². The summed E-state index contributed by atoms with van der Waals surface area (Å²) < 4.78 is 15.7. The summed E-state index contributed by atoms with van der Waals surface area (Å²) in [5.41, 5.74) is -0.865. The van der Waals surface area contributed by atoms with Crippen molar-refractivity contribution in [3.05, 3.63) is 18.0 Å². The molecule has 0 aromatic carbocycles. The standard InChI is InChI=1S/C13H20FN3O/c1-10(2)17-8-5-11(15-17)12(18)16-7-4-6-13(3,14)9-16/h5,8,10H,4,6-7,9H2,1-3H3. The second kappa shape index (κ2) is 4.71. The van der Waals surface area contributed by atoms with Crippen LogP contribution in [0.2, 0.25) is 0 Å². The molecule has 1 aliphatic heterocycles. The zero-order valence-corrected chi connectivity index (χ0v) is 11.2. The minimum Gasteiger partial charge on any atom is -0.334 e. The molecule has 4 nitrogen and oxygen atoms in total. The molecule has 100 valence electrons. The molecule has 0 saturated carbocycles. The molecule has 0 spiro atoms. The van der Waals surface area contributed by atoms with Crippen molar-refractivity contribution in [2.75, 3.05) is 13.1 Å². The van der Waals surface area contributed by atoms with Gasteiger partial charge in [-0.25, -0.2) is 4.39 Å². The fourth-order valence-corrected chi connectivity index (χ4v) is 2.27. The van der Waals surface area contributed by atoms with Gasteiger partial charge >= 0.3 is 0 Å². The summed E-state index contributed by atoms with van der Waals surface area (Å²) in [6.07, 6.45) is 3.03. The Hall–Kier alpha value is -1.39. The van der Waals surface area contributed by atoms with Crippen molar-refractivity contribution >= 4 is 5.91 Å². The van der Waals surface area contributed by atoms with Crippen LogP contribution < -0.4 is 0 Å². The monoisotopic (exact) mass is 253 g/mol. The number of aromatic nitrogens is 2. The van der Waals surface area contributed by atoms with Gasteiger partial charge < -0.3 is 4.90 Å². The third kappa shape index (κ3) is 2.71. The number of hydrogen-bond donors (Lipinski definition) is 0. The van der Waals surface area contributed by atoms with Crippen molar-refractivity contribution in [1.82, 2.24) is 14.7 Å². The Kier molecular flexibility index (Phi) is 3.41. The van der Waals surface area contributed by atoms with Gasteiger partial charge in [0.2, 0.25) is 0 Å². The normalized spacial score (nSPS) is 24.6. The Morgan fingerprint density at radius 3 is 2.83 bits per heavy atom. The molecule has 1 atom stereocenters. The average molecular weight is 253 g/mol. The van der Waals surface area contributed by atoms with E-state index in [1.165, 1.54) is 0 Å². The number of carbonyl (C=O) groups is 1. The summed E-state index contributed by atoms with van der Waals surface area (Å²) >= 11 is 0. The minimum atomic E-state index is -1.27. The van der Waals surface area contributed by atoms with Gasteiger partial charge in [-0.2, -0.15) is 5.10 Å². The highest BCUT2D eigenvalue weighted by Crippen LogP contribution is 2.25. The molecule has 1 fully saturated rings. The van der Waals surface area contributed by atoms with Crippen molar-refractivity contribution in [3.63, 3.8) is 0 Å². The third-order valence-corrected chi connectivity index (χ3v) is 3.29. The largest absolute Gasteiger partial charge is 0.334 e. The number of alkyl halides is 1. The number of rotatable bonds is 2. The lowest BCUT2D eigenvalue weighted by molar-refractivity contribution is 0.0412. The maximum Gasteiger partial charge on any atom is 0.274 e. The van der Waals surface area contributed by atoms with Gasteiger partial charge in [0.05, 0.1) is 6.54 Å². The quantitative estimate of drug-likeness (QED) is 0.812. The number of halogens is 1. The zero-order valence-electron chi connectivity index (χ0n) is 11.2. The van der Waals surface area contributed by atoms with E-state index in [1.54, 1.807) is 28.8 Å². The van der Waals surface area contributed by atoms with Crippen LogP contribution in [0.3, 0.4) is 0 Å². The molecule has 1 aromatic rings. The van der Waals surface area contributed by atoms with Crippen LogP contribution in [0.15, 0.2) is 12.3 Å². The van der Waals surface area contributed by atoms with Gasteiger partial charge in [0.15, 0.2) is 0 Å². The Morgan fingerprint density at radius 2 is 2.28 bits per heavy atom. The highest BCUT2D eigenvalue weighted by molar-refractivity contribution is 5.92. The Balaban J connectivity index is 2.10. The van der Waals surface area contributed by atoms with Crippen LogP contribution in [0.4, 0.5) is 4.39 Å². The topological polar surface area (TPSA) is 38.1 Å². The molecule has 0 radical (unpaired) electrons. The lowest BCUT2D eigenvalue weighted by Crippen LogP contribution is -2.46. The summed E-state index contributed by atoms with van der Waals surface area (Å²) in [6.45, 7) is 6.34. The molecule has 2 heterocycles. The second-order valence-electron chi connectivity index (χ2n) is 5.52. The molecule has 5 heteroatoms. The van der Waals surface area contributed by atoms with Crippen LogP contribution >= 0.6 is 0 Å². The summed E-state index contributed by atoms with van der Waals surface area (Å²) in [5.74, 6) is -0.169. The van der Waals surface area contributed by atoms with E-state index in [9.17, 15) is 9.18 Å². The maximum atomic E-state index is 13.9. The van der Waals surface area contributed by atoms with Crippen molar-refractivity contribution in [2.24, 2.45) is 0 Å². The number of likely N-dealkylation sites (tertiary alicyclic amines) is 1. The molecule has 0 aliphatic carbocycles. The summed E-state index contributed by atoms with van der Waals surface area (Å²) in [5, 5.41) is 4.24. The van der Waals surface area contributed by atoms with E-state index in [1.807, 2.05) is 13.8 Å². The van der Waals surface area contributed by atoms with E-state index >= 15 is 0 Å². The van der Waals surface area contributed by atoms with Crippen LogP contribution in [-0.4, -0.2) is 39.3 Å². The molecular weight excluding hydrogens is 233 g/mol. The molecule has 1 aliphatic rings. The minimum absolute atomic E-state index is 0.167. The van der Waals surface area contributed by atoms with Crippen molar-refractivity contribution in [1.29, 1.82) is 0 Å². The predicted molar refractivity (Wildman–Crippen MR) is 67.3 cm³/mol. The number of carbonyl (C=O) groups excluding carboxylic acids is 1. The average Bonchev–Trinajstić information content (AvgIpc) is 2.76.